The summed E-state index contributed by atoms with van der Waals surface area (Å²) in [5.41, 5.74) is 2.59. The third-order valence-electron chi connectivity index (χ3n) is 5.41. The molecule has 0 aromatic heterocycles. The Kier molecular flexibility index (Phi) is 4.54. The molecule has 1 aliphatic heterocycles. The number of aryl methyl sites for hydroxylation is 2. The minimum atomic E-state index is -0.767. The molecule has 2 N–H and O–H groups in total. The monoisotopic (exact) mass is 343 g/mol. The van der Waals surface area contributed by atoms with E-state index in [1.165, 1.54) is 5.56 Å². The molecule has 0 radical (unpaired) electrons. The summed E-state index contributed by atoms with van der Waals surface area (Å²) >= 11 is 0. The number of nitrogens with zero attached hydrogens (tertiary/aromatic N) is 1. The fraction of sp³-hybridized carbons (Fsp3) is 0.526. The van der Waals surface area contributed by atoms with Gasteiger partial charge in [-0.2, -0.15) is 0 Å². The van der Waals surface area contributed by atoms with Gasteiger partial charge in [0.05, 0.1) is 6.04 Å². The van der Waals surface area contributed by atoms with Crippen molar-refractivity contribution >= 4 is 17.8 Å². The lowest BCUT2D eigenvalue weighted by Crippen LogP contribution is -2.45. The van der Waals surface area contributed by atoms with E-state index < -0.39 is 11.6 Å². The standard InChI is InChI=1S/C19H25N3O3/c1-12-6-7-15(10-13(12)2)14(3)20-16(23)11-22-17(24)19(21-18(22)25)8-4-5-9-19/h6-7,10,14H,4-5,8-9,11H2,1-3H3,(H,20,23)(H,21,25)/t14-/m1/s1. The SMILES string of the molecule is Cc1ccc([C@@H](C)NC(=O)CN2C(=O)NC3(CCCC3)C2=O)cc1C. The van der Waals surface area contributed by atoms with Crippen molar-refractivity contribution in [3.05, 3.63) is 34.9 Å². The van der Waals surface area contributed by atoms with Gasteiger partial charge in [0.25, 0.3) is 5.91 Å². The van der Waals surface area contributed by atoms with Crippen LogP contribution in [0.1, 0.15) is 55.3 Å². The highest BCUT2D eigenvalue weighted by atomic mass is 16.2. The summed E-state index contributed by atoms with van der Waals surface area (Å²) in [6.45, 7) is 5.73. The largest absolute Gasteiger partial charge is 0.348 e. The number of hydrogen-bond donors (Lipinski definition) is 2. The maximum Gasteiger partial charge on any atom is 0.325 e. The van der Waals surface area contributed by atoms with Crippen LogP contribution in [0.15, 0.2) is 18.2 Å². The second-order valence-electron chi connectivity index (χ2n) is 7.24. The normalized spacial score (nSPS) is 20.0. The van der Waals surface area contributed by atoms with E-state index in [4.69, 9.17) is 0 Å². The molecule has 3 rings (SSSR count). The molecule has 1 heterocycles. The first-order valence-electron chi connectivity index (χ1n) is 8.83. The minimum Gasteiger partial charge on any atom is -0.348 e. The van der Waals surface area contributed by atoms with Gasteiger partial charge in [0.15, 0.2) is 0 Å². The van der Waals surface area contributed by atoms with Crippen molar-refractivity contribution in [2.24, 2.45) is 0 Å². The van der Waals surface area contributed by atoms with Crippen molar-refractivity contribution in [3.8, 4) is 0 Å². The van der Waals surface area contributed by atoms with Crippen LogP contribution in [-0.4, -0.2) is 34.8 Å². The molecule has 1 aliphatic carbocycles. The second kappa shape index (κ2) is 6.50. The number of urea groups is 1. The smallest absolute Gasteiger partial charge is 0.325 e. The van der Waals surface area contributed by atoms with Gasteiger partial charge in [-0.15, -0.1) is 0 Å². The van der Waals surface area contributed by atoms with Gasteiger partial charge in [-0.1, -0.05) is 31.0 Å². The Hall–Kier alpha value is -2.37. The summed E-state index contributed by atoms with van der Waals surface area (Å²) in [6.07, 6.45) is 3.18. The van der Waals surface area contributed by atoms with Gasteiger partial charge < -0.3 is 10.6 Å². The number of carbonyl (C=O) groups is 3. The van der Waals surface area contributed by atoms with Crippen molar-refractivity contribution in [3.63, 3.8) is 0 Å². The Bertz CT molecular complexity index is 723. The molecule has 1 saturated heterocycles. The van der Waals surface area contributed by atoms with E-state index in [-0.39, 0.29) is 24.4 Å². The van der Waals surface area contributed by atoms with Crippen LogP contribution < -0.4 is 10.6 Å². The molecular weight excluding hydrogens is 318 g/mol. The number of carbonyl (C=O) groups excluding carboxylic acids is 3. The van der Waals surface area contributed by atoms with Crippen LogP contribution >= 0.6 is 0 Å². The second-order valence-corrected chi connectivity index (χ2v) is 7.24. The predicted octanol–water partition coefficient (Wildman–Crippen LogP) is 2.35. The Balaban J connectivity index is 1.63. The van der Waals surface area contributed by atoms with Crippen molar-refractivity contribution < 1.29 is 14.4 Å². The third kappa shape index (κ3) is 3.25. The van der Waals surface area contributed by atoms with E-state index in [9.17, 15) is 14.4 Å². The van der Waals surface area contributed by atoms with Gasteiger partial charge in [-0.25, -0.2) is 4.79 Å². The molecule has 2 fully saturated rings. The maximum atomic E-state index is 12.6. The Morgan fingerprint density at radius 1 is 1.24 bits per heavy atom. The number of amides is 4. The topological polar surface area (TPSA) is 78.5 Å². The first-order chi connectivity index (χ1) is 11.8. The van der Waals surface area contributed by atoms with Crippen molar-refractivity contribution in [2.75, 3.05) is 6.54 Å². The Morgan fingerprint density at radius 3 is 2.56 bits per heavy atom. The first kappa shape index (κ1) is 17.5. The fourth-order valence-electron chi connectivity index (χ4n) is 3.69. The number of benzene rings is 1. The molecule has 1 aromatic rings. The summed E-state index contributed by atoms with van der Waals surface area (Å²) in [6, 6.07) is 5.40. The highest BCUT2D eigenvalue weighted by Crippen LogP contribution is 2.34. The van der Waals surface area contributed by atoms with Gasteiger partial charge in [0.2, 0.25) is 5.91 Å². The molecule has 0 bridgehead atoms. The summed E-state index contributed by atoms with van der Waals surface area (Å²) < 4.78 is 0. The van der Waals surface area contributed by atoms with Gasteiger partial charge in [-0.3, -0.25) is 14.5 Å². The zero-order valence-electron chi connectivity index (χ0n) is 15.0. The quantitative estimate of drug-likeness (QED) is 0.824. The Labute approximate surface area is 148 Å². The lowest BCUT2D eigenvalue weighted by molar-refractivity contribution is -0.135. The number of imide groups is 1. The summed E-state index contributed by atoms with van der Waals surface area (Å²) in [4.78, 5) is 38.1. The van der Waals surface area contributed by atoms with Crippen LogP contribution in [0.4, 0.5) is 4.79 Å². The van der Waals surface area contributed by atoms with Crippen LogP contribution in [0, 0.1) is 13.8 Å². The van der Waals surface area contributed by atoms with Gasteiger partial charge in [-0.05, 0) is 50.3 Å². The predicted molar refractivity (Wildman–Crippen MR) is 93.9 cm³/mol. The molecule has 6 heteroatoms. The summed E-state index contributed by atoms with van der Waals surface area (Å²) in [5.74, 6) is -0.590. The molecule has 2 aliphatic rings. The van der Waals surface area contributed by atoms with Crippen LogP contribution in [0.3, 0.4) is 0 Å². The van der Waals surface area contributed by atoms with Gasteiger partial charge in [0.1, 0.15) is 12.1 Å². The minimum absolute atomic E-state index is 0.187. The molecule has 6 nitrogen and oxygen atoms in total. The molecule has 1 saturated carbocycles. The van der Waals surface area contributed by atoms with Crippen molar-refractivity contribution in [1.29, 1.82) is 0 Å². The average molecular weight is 343 g/mol. The Morgan fingerprint density at radius 2 is 1.92 bits per heavy atom. The van der Waals surface area contributed by atoms with Crippen LogP contribution in [0.25, 0.3) is 0 Å². The van der Waals surface area contributed by atoms with Crippen LogP contribution in [0.2, 0.25) is 0 Å². The van der Waals surface area contributed by atoms with Crippen molar-refractivity contribution in [1.82, 2.24) is 15.5 Å². The molecule has 25 heavy (non-hydrogen) atoms. The lowest BCUT2D eigenvalue weighted by Gasteiger charge is -2.20. The first-order valence-corrected chi connectivity index (χ1v) is 8.83. The molecule has 0 unspecified atom stereocenters. The van der Waals surface area contributed by atoms with Crippen molar-refractivity contribution in [2.45, 2.75) is 58.0 Å². The zero-order chi connectivity index (χ0) is 18.2. The molecule has 1 spiro atoms. The number of nitrogens with one attached hydrogen (secondary N) is 2. The lowest BCUT2D eigenvalue weighted by atomic mass is 9.98. The molecule has 1 aromatic carbocycles. The van der Waals surface area contributed by atoms with E-state index in [1.54, 1.807) is 0 Å². The van der Waals surface area contributed by atoms with E-state index >= 15 is 0 Å². The van der Waals surface area contributed by atoms with Crippen LogP contribution in [0.5, 0.6) is 0 Å². The van der Waals surface area contributed by atoms with Gasteiger partial charge >= 0.3 is 6.03 Å². The van der Waals surface area contributed by atoms with E-state index in [0.717, 1.165) is 28.9 Å². The highest BCUT2D eigenvalue weighted by Gasteiger charge is 2.52. The zero-order valence-corrected chi connectivity index (χ0v) is 15.0. The summed E-state index contributed by atoms with van der Waals surface area (Å²) in [7, 11) is 0. The van der Waals surface area contributed by atoms with E-state index in [1.807, 2.05) is 39.0 Å². The van der Waals surface area contributed by atoms with Gasteiger partial charge in [0, 0.05) is 0 Å². The molecular formula is C19H25N3O3. The molecule has 4 amide bonds. The number of rotatable bonds is 4. The molecule has 1 atom stereocenters. The van der Waals surface area contributed by atoms with E-state index in [0.29, 0.717) is 12.8 Å². The van der Waals surface area contributed by atoms with Crippen LogP contribution in [-0.2, 0) is 9.59 Å². The third-order valence-corrected chi connectivity index (χ3v) is 5.41. The maximum absolute atomic E-state index is 12.6. The fourth-order valence-corrected chi connectivity index (χ4v) is 3.69. The average Bonchev–Trinajstić information content (AvgIpc) is 3.11. The van der Waals surface area contributed by atoms with E-state index in [2.05, 4.69) is 10.6 Å². The molecule has 134 valence electrons. The highest BCUT2D eigenvalue weighted by molar-refractivity contribution is 6.09. The number of hydrogen-bond acceptors (Lipinski definition) is 3. The summed E-state index contributed by atoms with van der Waals surface area (Å²) in [5, 5.41) is 5.67.